The lowest BCUT2D eigenvalue weighted by molar-refractivity contribution is 0.288. The van der Waals surface area contributed by atoms with Crippen molar-refractivity contribution >= 4 is 37.5 Å². The van der Waals surface area contributed by atoms with Gasteiger partial charge in [0, 0.05) is 23.5 Å². The summed E-state index contributed by atoms with van der Waals surface area (Å²) in [6.45, 7) is 2.97. The van der Waals surface area contributed by atoms with Crippen LogP contribution in [0.2, 0.25) is 0 Å². The van der Waals surface area contributed by atoms with E-state index in [1.807, 2.05) is 13.0 Å². The highest BCUT2D eigenvalue weighted by Gasteiger charge is 2.24. The molecule has 33 heavy (non-hydrogen) atoms. The highest BCUT2D eigenvalue weighted by molar-refractivity contribution is 8.15. The number of H-pyrrole nitrogens is 1. The molecular formula is C22H24FN3O5S2. The van der Waals surface area contributed by atoms with Gasteiger partial charge in [-0.25, -0.2) is 13.4 Å². The molecule has 1 aliphatic rings. The summed E-state index contributed by atoms with van der Waals surface area (Å²) >= 11 is 1.58. The number of rotatable bonds is 9. The molecule has 1 atom stereocenters. The van der Waals surface area contributed by atoms with Crippen LogP contribution in [0.1, 0.15) is 25.5 Å². The Morgan fingerprint density at radius 1 is 1.33 bits per heavy atom. The van der Waals surface area contributed by atoms with E-state index in [1.165, 1.54) is 18.3 Å². The number of fused-ring (bicyclic) bond motifs is 1. The first-order valence-electron chi connectivity index (χ1n) is 10.4. The van der Waals surface area contributed by atoms with Crippen LogP contribution in [-0.4, -0.2) is 59.8 Å². The molecule has 0 radical (unpaired) electrons. The summed E-state index contributed by atoms with van der Waals surface area (Å²) in [7, 11) is -3.45. The average molecular weight is 494 g/mol. The minimum atomic E-state index is -3.45. The van der Waals surface area contributed by atoms with E-state index >= 15 is 4.39 Å². The van der Waals surface area contributed by atoms with Gasteiger partial charge in [0.05, 0.1) is 30.6 Å². The predicted molar refractivity (Wildman–Crippen MR) is 126 cm³/mol. The van der Waals surface area contributed by atoms with Gasteiger partial charge in [0.1, 0.15) is 10.8 Å². The Hall–Kier alpha value is -2.63. The van der Waals surface area contributed by atoms with Crippen LogP contribution in [0.5, 0.6) is 17.2 Å². The summed E-state index contributed by atoms with van der Waals surface area (Å²) in [6, 6.07) is 6.15. The Bertz CT molecular complexity index is 1290. The number of hydrogen-bond donors (Lipinski definition) is 2. The number of nitrogens with one attached hydrogen (secondary N) is 1. The third-order valence-electron chi connectivity index (χ3n) is 4.94. The summed E-state index contributed by atoms with van der Waals surface area (Å²) in [4.78, 5) is 11.6. The molecule has 3 aromatic rings. The Labute approximate surface area is 195 Å². The van der Waals surface area contributed by atoms with E-state index < -0.39 is 15.7 Å². The fourth-order valence-electron chi connectivity index (χ4n) is 3.36. The molecule has 8 nitrogen and oxygen atoms in total. The highest BCUT2D eigenvalue weighted by Crippen LogP contribution is 2.39. The van der Waals surface area contributed by atoms with Crippen LogP contribution in [0.3, 0.4) is 0 Å². The van der Waals surface area contributed by atoms with Crippen molar-refractivity contribution in [2.24, 2.45) is 4.99 Å². The fraction of sp³-hybridized carbons (Fsp3) is 0.364. The maximum Gasteiger partial charge on any atom is 0.209 e. The number of aliphatic imine (C=N–C) groups is 1. The van der Waals surface area contributed by atoms with E-state index in [9.17, 15) is 13.5 Å². The van der Waals surface area contributed by atoms with Crippen LogP contribution in [0.25, 0.3) is 10.9 Å². The van der Waals surface area contributed by atoms with Crippen molar-refractivity contribution in [3.8, 4) is 17.2 Å². The standard InChI is InChI=1S/C22H24FN3O5S2/c1-3-8-30-21-19(23)17(31-14-4-5-18(24-11-14)33(2,28)29)10-13-9-16(26-20(13)21)22-25-12-15(32-22)6-7-27/h4-5,9-11,15,26-27H,3,6-8,12H2,1-2H3. The van der Waals surface area contributed by atoms with Gasteiger partial charge >= 0.3 is 0 Å². The maximum atomic E-state index is 15.4. The Kier molecular flexibility index (Phi) is 6.91. The number of aliphatic hydroxyl groups is 1. The molecule has 0 fully saturated rings. The molecule has 0 saturated carbocycles. The Morgan fingerprint density at radius 3 is 2.82 bits per heavy atom. The van der Waals surface area contributed by atoms with Crippen molar-refractivity contribution < 1.29 is 27.4 Å². The molecule has 2 N–H and O–H groups in total. The quantitative estimate of drug-likeness (QED) is 0.464. The average Bonchev–Trinajstić information content (AvgIpc) is 3.41. The van der Waals surface area contributed by atoms with Gasteiger partial charge in [-0.15, -0.1) is 0 Å². The van der Waals surface area contributed by atoms with Gasteiger partial charge in [-0.1, -0.05) is 18.7 Å². The number of aromatic amines is 1. The predicted octanol–water partition coefficient (Wildman–Crippen LogP) is 3.93. The Morgan fingerprint density at radius 2 is 2.15 bits per heavy atom. The number of benzene rings is 1. The minimum absolute atomic E-state index is 0.0480. The highest BCUT2D eigenvalue weighted by atomic mass is 32.2. The van der Waals surface area contributed by atoms with Crippen LogP contribution in [0.4, 0.5) is 4.39 Å². The van der Waals surface area contributed by atoms with Crippen molar-refractivity contribution in [1.82, 2.24) is 9.97 Å². The fourth-order valence-corrected chi connectivity index (χ4v) is 4.99. The number of pyridine rings is 1. The summed E-state index contributed by atoms with van der Waals surface area (Å²) in [5, 5.41) is 10.8. The number of aromatic nitrogens is 2. The molecule has 0 bridgehead atoms. The van der Waals surface area contributed by atoms with Gasteiger partial charge in [-0.2, -0.15) is 4.39 Å². The molecule has 4 rings (SSSR count). The lowest BCUT2D eigenvalue weighted by Crippen LogP contribution is -2.05. The summed E-state index contributed by atoms with van der Waals surface area (Å²) in [5.74, 6) is -0.491. The molecule has 176 valence electrons. The zero-order valence-corrected chi connectivity index (χ0v) is 19.8. The first-order valence-corrected chi connectivity index (χ1v) is 13.2. The molecule has 0 spiro atoms. The van der Waals surface area contributed by atoms with E-state index in [0.29, 0.717) is 36.9 Å². The first-order chi connectivity index (χ1) is 15.8. The van der Waals surface area contributed by atoms with Gasteiger partial charge in [-0.05, 0) is 37.1 Å². The van der Waals surface area contributed by atoms with Crippen molar-refractivity contribution in [2.45, 2.75) is 30.0 Å². The molecule has 1 aromatic carbocycles. The van der Waals surface area contributed by atoms with Crippen molar-refractivity contribution in [2.75, 3.05) is 26.0 Å². The van der Waals surface area contributed by atoms with E-state index in [-0.39, 0.29) is 34.1 Å². The SMILES string of the molecule is CCCOc1c(F)c(Oc2ccc(S(C)(=O)=O)nc2)cc2cc(C3=NCC(CCO)S3)[nH]c12. The van der Waals surface area contributed by atoms with Crippen molar-refractivity contribution in [3.05, 3.63) is 42.0 Å². The molecule has 1 unspecified atom stereocenters. The molecule has 1 aliphatic heterocycles. The number of thioether (sulfide) groups is 1. The molecule has 0 saturated heterocycles. The number of aliphatic hydroxyl groups excluding tert-OH is 1. The van der Waals surface area contributed by atoms with E-state index in [0.717, 1.165) is 17.0 Å². The van der Waals surface area contributed by atoms with Crippen LogP contribution in [0, 0.1) is 5.82 Å². The van der Waals surface area contributed by atoms with E-state index in [2.05, 4.69) is 15.0 Å². The third-order valence-corrected chi connectivity index (χ3v) is 7.23. The number of hydrogen-bond acceptors (Lipinski definition) is 8. The second-order valence-electron chi connectivity index (χ2n) is 7.62. The van der Waals surface area contributed by atoms with Gasteiger partial charge in [0.25, 0.3) is 0 Å². The Balaban J connectivity index is 1.69. The number of ether oxygens (including phenoxy) is 2. The smallest absolute Gasteiger partial charge is 0.209 e. The van der Waals surface area contributed by atoms with Crippen LogP contribution >= 0.6 is 11.8 Å². The summed E-state index contributed by atoms with van der Waals surface area (Å²) in [5.41, 5.74) is 1.25. The minimum Gasteiger partial charge on any atom is -0.488 e. The van der Waals surface area contributed by atoms with Crippen molar-refractivity contribution in [1.29, 1.82) is 0 Å². The normalized spacial score (nSPS) is 16.2. The van der Waals surface area contributed by atoms with Gasteiger partial charge in [0.15, 0.2) is 26.4 Å². The molecule has 0 amide bonds. The summed E-state index contributed by atoms with van der Waals surface area (Å²) < 4.78 is 50.0. The van der Waals surface area contributed by atoms with Gasteiger partial charge in [-0.3, -0.25) is 4.99 Å². The van der Waals surface area contributed by atoms with Crippen LogP contribution < -0.4 is 9.47 Å². The number of halogens is 1. The number of nitrogens with zero attached hydrogens (tertiary/aromatic N) is 2. The lowest BCUT2D eigenvalue weighted by Gasteiger charge is -2.12. The van der Waals surface area contributed by atoms with Crippen LogP contribution in [0.15, 0.2) is 40.5 Å². The lowest BCUT2D eigenvalue weighted by atomic mass is 10.2. The first kappa shape index (κ1) is 23.5. The molecular weight excluding hydrogens is 469 g/mol. The van der Waals surface area contributed by atoms with Gasteiger partial charge in [0.2, 0.25) is 5.82 Å². The second-order valence-corrected chi connectivity index (χ2v) is 10.9. The second kappa shape index (κ2) is 9.70. The zero-order valence-electron chi connectivity index (χ0n) is 18.2. The molecule has 0 aliphatic carbocycles. The largest absolute Gasteiger partial charge is 0.488 e. The van der Waals surface area contributed by atoms with Crippen LogP contribution in [-0.2, 0) is 9.84 Å². The third kappa shape index (κ3) is 5.15. The molecule has 11 heteroatoms. The topological polar surface area (TPSA) is 114 Å². The summed E-state index contributed by atoms with van der Waals surface area (Å²) in [6.07, 6.45) is 3.65. The van der Waals surface area contributed by atoms with Gasteiger partial charge < -0.3 is 19.6 Å². The maximum absolute atomic E-state index is 15.4. The molecule has 3 heterocycles. The van der Waals surface area contributed by atoms with Crippen molar-refractivity contribution in [3.63, 3.8) is 0 Å². The number of sulfone groups is 1. The monoisotopic (exact) mass is 493 g/mol. The molecule has 2 aromatic heterocycles. The van der Waals surface area contributed by atoms with E-state index in [1.54, 1.807) is 17.8 Å². The zero-order chi connectivity index (χ0) is 23.6. The van der Waals surface area contributed by atoms with E-state index in [4.69, 9.17) is 9.47 Å².